The molecule has 2 aromatic carbocycles. The van der Waals surface area contributed by atoms with Crippen molar-refractivity contribution in [2.75, 3.05) is 6.54 Å². The molecule has 5 atom stereocenters. The molecule has 4 bridgehead atoms. The van der Waals surface area contributed by atoms with Gasteiger partial charge in [0.25, 0.3) is 0 Å². The van der Waals surface area contributed by atoms with Crippen LogP contribution in [0.5, 0.6) is 11.5 Å². The first-order valence-corrected chi connectivity index (χ1v) is 10.8. The molecule has 0 fully saturated rings. The van der Waals surface area contributed by atoms with Gasteiger partial charge >= 0.3 is 5.97 Å². The number of nitrogens with one attached hydrogen (secondary N) is 2. The summed E-state index contributed by atoms with van der Waals surface area (Å²) < 4.78 is 0. The maximum atomic E-state index is 12.9. The number of phenols is 2. The molecule has 12 heteroatoms. The molecule has 0 saturated carbocycles. The molecule has 0 spiro atoms. The zero-order valence-corrected chi connectivity index (χ0v) is 18.6. The highest BCUT2D eigenvalue weighted by Crippen LogP contribution is 2.33. The van der Waals surface area contributed by atoms with Gasteiger partial charge in [0.05, 0.1) is 12.1 Å². The molecule has 188 valence electrons. The van der Waals surface area contributed by atoms with E-state index < -0.39 is 53.9 Å². The summed E-state index contributed by atoms with van der Waals surface area (Å²) in [5.41, 5.74) is 12.6. The van der Waals surface area contributed by atoms with Crippen LogP contribution < -0.4 is 22.1 Å². The molecule has 0 radical (unpaired) electrons. The summed E-state index contributed by atoms with van der Waals surface area (Å²) in [7, 11) is 0. The molecule has 2 amide bonds. The molecule has 11 N–H and O–H groups in total. The van der Waals surface area contributed by atoms with E-state index in [1.165, 1.54) is 24.3 Å². The number of hydrogen-bond acceptors (Lipinski definition) is 9. The number of benzene rings is 2. The third kappa shape index (κ3) is 5.87. The number of carboxylic acids is 1. The number of aliphatic hydroxyl groups is 2. The lowest BCUT2D eigenvalue weighted by molar-refractivity contribution is -0.146. The second kappa shape index (κ2) is 10.7. The van der Waals surface area contributed by atoms with Crippen molar-refractivity contribution in [1.82, 2.24) is 10.6 Å². The summed E-state index contributed by atoms with van der Waals surface area (Å²) in [6, 6.07) is 4.10. The van der Waals surface area contributed by atoms with Crippen molar-refractivity contribution in [1.29, 1.82) is 0 Å². The van der Waals surface area contributed by atoms with Gasteiger partial charge in [-0.05, 0) is 41.0 Å². The van der Waals surface area contributed by atoms with E-state index in [4.69, 9.17) is 11.5 Å². The van der Waals surface area contributed by atoms with Crippen molar-refractivity contribution >= 4 is 17.8 Å². The predicted octanol–water partition coefficient (Wildman–Crippen LogP) is -1.55. The average Bonchev–Trinajstić information content (AvgIpc) is 2.82. The van der Waals surface area contributed by atoms with Crippen LogP contribution in [0, 0.1) is 0 Å². The molecule has 1 aliphatic heterocycles. The van der Waals surface area contributed by atoms with Gasteiger partial charge < -0.3 is 47.6 Å². The van der Waals surface area contributed by atoms with Gasteiger partial charge in [0.1, 0.15) is 23.6 Å². The first-order valence-electron chi connectivity index (χ1n) is 10.8. The van der Waals surface area contributed by atoms with Crippen molar-refractivity contribution in [2.45, 2.75) is 43.2 Å². The highest BCUT2D eigenvalue weighted by molar-refractivity contribution is 5.92. The van der Waals surface area contributed by atoms with E-state index in [0.29, 0.717) is 16.7 Å². The lowest BCUT2D eigenvalue weighted by Gasteiger charge is -2.26. The van der Waals surface area contributed by atoms with Gasteiger partial charge in [-0.3, -0.25) is 9.59 Å². The minimum atomic E-state index is -1.91. The maximum absolute atomic E-state index is 12.9. The summed E-state index contributed by atoms with van der Waals surface area (Å²) >= 11 is 0. The number of aromatic hydroxyl groups is 2. The lowest BCUT2D eigenvalue weighted by atomic mass is 9.94. The van der Waals surface area contributed by atoms with E-state index >= 15 is 0 Å². The predicted molar refractivity (Wildman–Crippen MR) is 123 cm³/mol. The van der Waals surface area contributed by atoms with E-state index in [1.807, 2.05) is 0 Å². The molecule has 0 aromatic heterocycles. The van der Waals surface area contributed by atoms with Gasteiger partial charge in [0.15, 0.2) is 6.04 Å². The van der Waals surface area contributed by atoms with Crippen LogP contribution in [0.2, 0.25) is 0 Å². The Hall–Kier alpha value is -3.71. The van der Waals surface area contributed by atoms with Crippen molar-refractivity contribution in [3.63, 3.8) is 0 Å². The van der Waals surface area contributed by atoms with Crippen LogP contribution in [0.4, 0.5) is 0 Å². The van der Waals surface area contributed by atoms with Crippen molar-refractivity contribution in [2.24, 2.45) is 11.5 Å². The quantitative estimate of drug-likeness (QED) is 0.240. The van der Waals surface area contributed by atoms with Gasteiger partial charge in [-0.25, -0.2) is 4.79 Å². The first kappa shape index (κ1) is 25.9. The van der Waals surface area contributed by atoms with Crippen LogP contribution in [0.15, 0.2) is 36.4 Å². The Morgan fingerprint density at radius 1 is 1.03 bits per heavy atom. The number of phenolic OH excluding ortho intramolecular Hbond substituents is 2. The van der Waals surface area contributed by atoms with E-state index in [2.05, 4.69) is 10.6 Å². The second-order valence-corrected chi connectivity index (χ2v) is 8.38. The Morgan fingerprint density at radius 3 is 2.29 bits per heavy atom. The SMILES string of the molecule is NC[C@H](O)C[C@H]1NC(=O)[C@H](N)Cc2cc(ccc2O)-c2ccc(O)c(c2)[C@@H](O)[C@@H](C(=O)O)NC1=O. The number of nitrogens with two attached hydrogens (primary N) is 2. The molecular weight excluding hydrogens is 460 g/mol. The molecule has 1 aliphatic rings. The summed E-state index contributed by atoms with van der Waals surface area (Å²) in [6.07, 6.45) is -3.55. The largest absolute Gasteiger partial charge is 0.508 e. The molecule has 0 unspecified atom stereocenters. The fraction of sp³-hybridized carbons (Fsp3) is 0.348. The van der Waals surface area contributed by atoms with Crippen molar-refractivity contribution < 1.29 is 39.9 Å². The number of amides is 2. The highest BCUT2D eigenvalue weighted by atomic mass is 16.4. The zero-order valence-electron chi connectivity index (χ0n) is 18.6. The third-order valence-electron chi connectivity index (χ3n) is 5.83. The van der Waals surface area contributed by atoms with E-state index in [0.717, 1.165) is 0 Å². The first-order chi connectivity index (χ1) is 16.5. The summed E-state index contributed by atoms with van der Waals surface area (Å²) in [4.78, 5) is 37.6. The van der Waals surface area contributed by atoms with E-state index in [9.17, 15) is 39.9 Å². The minimum absolute atomic E-state index is 0.107. The standard InChI is InChI=1S/C23H28N4O8/c24-9-13(28)8-16-22(33)27-19(23(34)35)20(31)14-6-11(2-4-18(14)30)10-1-3-17(29)12(5-10)7-15(25)21(32)26-16/h1-6,13,15-16,19-20,28-31H,7-9,24-25H2,(H,26,32)(H,27,33)(H,34,35)/t13-,15-,16-,19+,20-/m1/s1. The molecule has 3 rings (SSSR count). The van der Waals surface area contributed by atoms with Crippen LogP contribution in [0.25, 0.3) is 11.1 Å². The molecule has 1 heterocycles. The monoisotopic (exact) mass is 488 g/mol. The lowest BCUT2D eigenvalue weighted by Crippen LogP contribution is -2.56. The number of carboxylic acid groups (broad SMARTS) is 1. The molecule has 35 heavy (non-hydrogen) atoms. The van der Waals surface area contributed by atoms with Gasteiger partial charge in [0.2, 0.25) is 11.8 Å². The second-order valence-electron chi connectivity index (χ2n) is 8.38. The Labute approximate surface area is 200 Å². The molecular formula is C23H28N4O8. The normalized spacial score (nSPS) is 23.9. The molecule has 0 saturated heterocycles. The molecule has 12 nitrogen and oxygen atoms in total. The van der Waals surface area contributed by atoms with Crippen LogP contribution in [-0.2, 0) is 20.8 Å². The Bertz CT molecular complexity index is 1120. The van der Waals surface area contributed by atoms with E-state index in [-0.39, 0.29) is 30.7 Å². The minimum Gasteiger partial charge on any atom is -0.508 e. The van der Waals surface area contributed by atoms with Crippen molar-refractivity contribution in [3.8, 4) is 22.6 Å². The fourth-order valence-corrected chi connectivity index (χ4v) is 3.82. The number of carbonyl (C=O) groups is 3. The third-order valence-corrected chi connectivity index (χ3v) is 5.83. The zero-order chi connectivity index (χ0) is 25.9. The Balaban J connectivity index is 2.14. The number of aliphatic carboxylic acids is 1. The van der Waals surface area contributed by atoms with Crippen molar-refractivity contribution in [3.05, 3.63) is 47.5 Å². The van der Waals surface area contributed by atoms with Crippen LogP contribution >= 0.6 is 0 Å². The Morgan fingerprint density at radius 2 is 1.66 bits per heavy atom. The van der Waals surface area contributed by atoms with Crippen LogP contribution in [-0.4, -0.2) is 74.1 Å². The number of aliphatic hydroxyl groups excluding tert-OH is 2. The summed E-state index contributed by atoms with van der Waals surface area (Å²) in [5.74, 6) is -3.94. The van der Waals surface area contributed by atoms with Crippen LogP contribution in [0.1, 0.15) is 23.7 Å². The molecule has 0 aliphatic carbocycles. The van der Waals surface area contributed by atoms with Gasteiger partial charge in [-0.1, -0.05) is 12.1 Å². The number of carbonyl (C=O) groups excluding carboxylic acids is 2. The number of fused-ring (bicyclic) bond motifs is 5. The maximum Gasteiger partial charge on any atom is 0.329 e. The average molecular weight is 488 g/mol. The van der Waals surface area contributed by atoms with Gasteiger partial charge in [0, 0.05) is 24.9 Å². The highest BCUT2D eigenvalue weighted by Gasteiger charge is 2.35. The smallest absolute Gasteiger partial charge is 0.329 e. The summed E-state index contributed by atoms with van der Waals surface area (Å²) in [6.45, 7) is -0.238. The van der Waals surface area contributed by atoms with Gasteiger partial charge in [-0.2, -0.15) is 0 Å². The van der Waals surface area contributed by atoms with Crippen LogP contribution in [0.3, 0.4) is 0 Å². The topological polar surface area (TPSA) is 228 Å². The summed E-state index contributed by atoms with van der Waals surface area (Å²) in [5, 5.41) is 55.6. The van der Waals surface area contributed by atoms with E-state index in [1.54, 1.807) is 12.1 Å². The fourth-order valence-electron chi connectivity index (χ4n) is 3.82. The number of rotatable bonds is 4. The molecule has 2 aromatic rings. The number of hydrogen-bond donors (Lipinski definition) is 9. The Kier molecular flexibility index (Phi) is 7.92. The van der Waals surface area contributed by atoms with Gasteiger partial charge in [-0.15, -0.1) is 0 Å².